The lowest BCUT2D eigenvalue weighted by Crippen LogP contribution is -2.38. The molecular formula is C13H20N2O3. The van der Waals surface area contributed by atoms with E-state index >= 15 is 0 Å². The molecule has 5 heteroatoms. The van der Waals surface area contributed by atoms with Gasteiger partial charge in [-0.2, -0.15) is 0 Å². The van der Waals surface area contributed by atoms with Gasteiger partial charge < -0.3 is 20.1 Å². The summed E-state index contributed by atoms with van der Waals surface area (Å²) in [5, 5.41) is 0. The van der Waals surface area contributed by atoms with E-state index < -0.39 is 0 Å². The Morgan fingerprint density at radius 2 is 2.22 bits per heavy atom. The number of ether oxygens (including phenoxy) is 2. The molecular weight excluding hydrogens is 232 g/mol. The summed E-state index contributed by atoms with van der Waals surface area (Å²) >= 11 is 0. The minimum Gasteiger partial charge on any atom is -0.494 e. The van der Waals surface area contributed by atoms with Gasteiger partial charge in [0.05, 0.1) is 0 Å². The van der Waals surface area contributed by atoms with Crippen LogP contribution < -0.4 is 5.73 Å². The van der Waals surface area contributed by atoms with Gasteiger partial charge in [-0.05, 0) is 24.7 Å². The summed E-state index contributed by atoms with van der Waals surface area (Å²) in [6, 6.07) is 0.249. The van der Waals surface area contributed by atoms with Crippen LogP contribution in [-0.4, -0.2) is 43.2 Å². The number of carbonyl (C=O) groups is 1. The normalized spacial score (nSPS) is 35.3. The van der Waals surface area contributed by atoms with Gasteiger partial charge in [0, 0.05) is 19.1 Å². The summed E-state index contributed by atoms with van der Waals surface area (Å²) in [6.07, 6.45) is 4.91. The Bertz CT molecular complexity index is 369. The third kappa shape index (κ3) is 2.07. The van der Waals surface area contributed by atoms with Crippen molar-refractivity contribution < 1.29 is 14.3 Å². The fourth-order valence-corrected chi connectivity index (χ4v) is 3.32. The van der Waals surface area contributed by atoms with Crippen molar-refractivity contribution in [2.75, 3.05) is 26.3 Å². The number of fused-ring (bicyclic) bond motifs is 1. The van der Waals surface area contributed by atoms with E-state index in [9.17, 15) is 4.79 Å². The van der Waals surface area contributed by atoms with Crippen LogP contribution in [0.25, 0.3) is 0 Å². The van der Waals surface area contributed by atoms with Crippen LogP contribution in [0.5, 0.6) is 0 Å². The number of carbonyl (C=O) groups excluding carboxylic acids is 1. The average Bonchev–Trinajstić information content (AvgIpc) is 2.84. The van der Waals surface area contributed by atoms with Crippen molar-refractivity contribution in [3.63, 3.8) is 0 Å². The number of amides is 1. The SMILES string of the molecule is NC1CCCC2CN(C(=O)C3=COCCO3)CC12. The fraction of sp³-hybridized carbons (Fsp3) is 0.769. The zero-order valence-electron chi connectivity index (χ0n) is 10.5. The van der Waals surface area contributed by atoms with Crippen molar-refractivity contribution in [1.82, 2.24) is 4.90 Å². The van der Waals surface area contributed by atoms with Crippen molar-refractivity contribution in [3.05, 3.63) is 12.0 Å². The van der Waals surface area contributed by atoms with E-state index in [4.69, 9.17) is 15.2 Å². The monoisotopic (exact) mass is 252 g/mol. The summed E-state index contributed by atoms with van der Waals surface area (Å²) in [4.78, 5) is 14.1. The molecule has 5 nitrogen and oxygen atoms in total. The zero-order chi connectivity index (χ0) is 12.5. The van der Waals surface area contributed by atoms with Crippen molar-refractivity contribution in [2.45, 2.75) is 25.3 Å². The van der Waals surface area contributed by atoms with Gasteiger partial charge in [-0.1, -0.05) is 6.42 Å². The first kappa shape index (κ1) is 11.8. The van der Waals surface area contributed by atoms with Gasteiger partial charge in [0.15, 0.2) is 0 Å². The number of rotatable bonds is 1. The second-order valence-corrected chi connectivity index (χ2v) is 5.43. The van der Waals surface area contributed by atoms with E-state index in [0.29, 0.717) is 30.8 Å². The van der Waals surface area contributed by atoms with E-state index in [1.165, 1.54) is 19.1 Å². The maximum atomic E-state index is 12.3. The molecule has 1 aliphatic carbocycles. The third-order valence-electron chi connectivity index (χ3n) is 4.30. The van der Waals surface area contributed by atoms with E-state index in [2.05, 4.69) is 0 Å². The molecule has 3 atom stereocenters. The predicted molar refractivity (Wildman–Crippen MR) is 65.4 cm³/mol. The lowest BCUT2D eigenvalue weighted by Gasteiger charge is -2.29. The molecule has 0 radical (unpaired) electrons. The first-order valence-electron chi connectivity index (χ1n) is 6.75. The number of nitrogens with zero attached hydrogens (tertiary/aromatic N) is 1. The van der Waals surface area contributed by atoms with E-state index in [1.807, 2.05) is 4.90 Å². The molecule has 0 aromatic carbocycles. The predicted octanol–water partition coefficient (Wildman–Crippen LogP) is 0.460. The van der Waals surface area contributed by atoms with Crippen LogP contribution >= 0.6 is 0 Å². The second kappa shape index (κ2) is 4.80. The highest BCUT2D eigenvalue weighted by atomic mass is 16.6. The van der Waals surface area contributed by atoms with E-state index in [0.717, 1.165) is 19.5 Å². The molecule has 100 valence electrons. The van der Waals surface area contributed by atoms with Gasteiger partial charge in [-0.15, -0.1) is 0 Å². The number of likely N-dealkylation sites (tertiary alicyclic amines) is 1. The molecule has 3 unspecified atom stereocenters. The third-order valence-corrected chi connectivity index (χ3v) is 4.30. The van der Waals surface area contributed by atoms with Crippen LogP contribution in [0, 0.1) is 11.8 Å². The molecule has 0 bridgehead atoms. The Balaban J connectivity index is 1.67. The van der Waals surface area contributed by atoms with E-state index in [1.54, 1.807) is 0 Å². The molecule has 1 amide bonds. The highest BCUT2D eigenvalue weighted by Gasteiger charge is 2.41. The molecule has 0 aromatic heterocycles. The Kier molecular flexibility index (Phi) is 3.16. The lowest BCUT2D eigenvalue weighted by molar-refractivity contribution is -0.131. The zero-order valence-corrected chi connectivity index (χ0v) is 10.5. The maximum Gasteiger partial charge on any atom is 0.292 e. The van der Waals surface area contributed by atoms with Crippen LogP contribution in [0.2, 0.25) is 0 Å². The van der Waals surface area contributed by atoms with Gasteiger partial charge in [-0.25, -0.2) is 0 Å². The Morgan fingerprint density at radius 1 is 1.33 bits per heavy atom. The van der Waals surface area contributed by atoms with E-state index in [-0.39, 0.29) is 11.9 Å². The number of hydrogen-bond acceptors (Lipinski definition) is 4. The highest BCUT2D eigenvalue weighted by Crippen LogP contribution is 2.36. The smallest absolute Gasteiger partial charge is 0.292 e. The van der Waals surface area contributed by atoms with Crippen LogP contribution in [0.15, 0.2) is 12.0 Å². The fourth-order valence-electron chi connectivity index (χ4n) is 3.32. The Hall–Kier alpha value is -1.23. The molecule has 0 spiro atoms. The van der Waals surface area contributed by atoms with Crippen molar-refractivity contribution in [3.8, 4) is 0 Å². The summed E-state index contributed by atoms with van der Waals surface area (Å²) in [7, 11) is 0. The molecule has 1 saturated heterocycles. The van der Waals surface area contributed by atoms with Crippen LogP contribution in [0.4, 0.5) is 0 Å². The molecule has 1 saturated carbocycles. The first-order chi connectivity index (χ1) is 8.75. The molecule has 2 N–H and O–H groups in total. The molecule has 3 rings (SSSR count). The molecule has 0 aromatic rings. The van der Waals surface area contributed by atoms with Crippen molar-refractivity contribution in [1.29, 1.82) is 0 Å². The molecule has 3 aliphatic rings. The summed E-state index contributed by atoms with van der Waals surface area (Å²) in [5.41, 5.74) is 6.15. The van der Waals surface area contributed by atoms with Gasteiger partial charge in [0.2, 0.25) is 5.76 Å². The van der Waals surface area contributed by atoms with Gasteiger partial charge in [-0.3, -0.25) is 4.79 Å². The summed E-state index contributed by atoms with van der Waals surface area (Å²) < 4.78 is 10.5. The maximum absolute atomic E-state index is 12.3. The lowest BCUT2D eigenvalue weighted by atomic mass is 9.78. The van der Waals surface area contributed by atoms with Crippen molar-refractivity contribution in [2.24, 2.45) is 17.6 Å². The van der Waals surface area contributed by atoms with Crippen LogP contribution in [-0.2, 0) is 14.3 Å². The first-order valence-corrected chi connectivity index (χ1v) is 6.75. The van der Waals surface area contributed by atoms with Gasteiger partial charge in [0.25, 0.3) is 5.91 Å². The summed E-state index contributed by atoms with van der Waals surface area (Å²) in [6.45, 7) is 2.56. The molecule has 2 aliphatic heterocycles. The Morgan fingerprint density at radius 3 is 2.94 bits per heavy atom. The molecule has 2 heterocycles. The molecule has 18 heavy (non-hydrogen) atoms. The number of nitrogens with two attached hydrogens (primary N) is 1. The van der Waals surface area contributed by atoms with Gasteiger partial charge in [0.1, 0.15) is 19.5 Å². The van der Waals surface area contributed by atoms with Gasteiger partial charge >= 0.3 is 0 Å². The standard InChI is InChI=1S/C13H20N2O3/c14-11-3-1-2-9-6-15(7-10(9)11)13(16)12-8-17-4-5-18-12/h8-11H,1-7,14H2. The quantitative estimate of drug-likeness (QED) is 0.736. The highest BCUT2D eigenvalue weighted by molar-refractivity contribution is 5.91. The van der Waals surface area contributed by atoms with Crippen LogP contribution in [0.3, 0.4) is 0 Å². The topological polar surface area (TPSA) is 64.8 Å². The second-order valence-electron chi connectivity index (χ2n) is 5.43. The average molecular weight is 252 g/mol. The minimum atomic E-state index is -0.0451. The Labute approximate surface area is 107 Å². The summed E-state index contributed by atoms with van der Waals surface area (Å²) in [5.74, 6) is 1.33. The molecule has 2 fully saturated rings. The van der Waals surface area contributed by atoms with Crippen molar-refractivity contribution >= 4 is 5.91 Å². The minimum absolute atomic E-state index is 0.0451. The largest absolute Gasteiger partial charge is 0.494 e. The van der Waals surface area contributed by atoms with Crippen LogP contribution in [0.1, 0.15) is 19.3 Å². The number of hydrogen-bond donors (Lipinski definition) is 1.